The minimum Gasteiger partial charge on any atom is -0.341 e. The highest BCUT2D eigenvalue weighted by molar-refractivity contribution is 5.76. The van der Waals surface area contributed by atoms with Crippen molar-refractivity contribution in [2.45, 2.75) is 46.2 Å². The van der Waals surface area contributed by atoms with Gasteiger partial charge in [-0.25, -0.2) is 0 Å². The van der Waals surface area contributed by atoms with Gasteiger partial charge in [0.1, 0.15) is 0 Å². The molecule has 1 unspecified atom stereocenters. The fraction of sp³-hybridized carbons (Fsp3) is 0.692. The number of carbonyl (C=O) groups is 1. The fourth-order valence-corrected chi connectivity index (χ4v) is 1.96. The van der Waals surface area contributed by atoms with Crippen molar-refractivity contribution < 1.29 is 4.79 Å². The number of aromatic amines is 1. The Morgan fingerprint density at radius 2 is 2.22 bits per heavy atom. The number of hydrogen-bond acceptors (Lipinski definition) is 3. The Labute approximate surface area is 109 Å². The lowest BCUT2D eigenvalue weighted by Gasteiger charge is -2.24. The summed E-state index contributed by atoms with van der Waals surface area (Å²) >= 11 is 0. The molecule has 0 saturated carbocycles. The standard InChI is InChI=1S/C13H24N4O/c1-13(2,3)6-11(14)5-12(18)17(4)9-10-7-15-16-8-10/h7-8,11H,5-6,9,14H2,1-4H3,(H,15,16). The van der Waals surface area contributed by atoms with E-state index in [1.165, 1.54) is 0 Å². The average Bonchev–Trinajstić information content (AvgIpc) is 2.66. The van der Waals surface area contributed by atoms with Crippen LogP contribution in [-0.4, -0.2) is 34.1 Å². The number of rotatable bonds is 5. The average molecular weight is 252 g/mol. The van der Waals surface area contributed by atoms with Gasteiger partial charge in [0.2, 0.25) is 5.91 Å². The molecule has 1 rings (SSSR count). The number of nitrogens with one attached hydrogen (secondary N) is 1. The molecule has 0 fully saturated rings. The predicted octanol–water partition coefficient (Wildman–Crippen LogP) is 1.52. The van der Waals surface area contributed by atoms with Gasteiger partial charge >= 0.3 is 0 Å². The first-order valence-electron chi connectivity index (χ1n) is 6.25. The number of nitrogens with two attached hydrogens (primary N) is 1. The highest BCUT2D eigenvalue weighted by atomic mass is 16.2. The van der Waals surface area contributed by atoms with Crippen LogP contribution in [0.1, 0.15) is 39.2 Å². The molecular weight excluding hydrogens is 228 g/mol. The van der Waals surface area contributed by atoms with E-state index in [-0.39, 0.29) is 17.4 Å². The fourth-order valence-electron chi connectivity index (χ4n) is 1.96. The zero-order chi connectivity index (χ0) is 13.8. The zero-order valence-corrected chi connectivity index (χ0v) is 11.7. The van der Waals surface area contributed by atoms with Gasteiger partial charge in [-0.05, 0) is 11.8 Å². The Hall–Kier alpha value is -1.36. The molecule has 1 atom stereocenters. The van der Waals surface area contributed by atoms with Crippen LogP contribution in [0.5, 0.6) is 0 Å². The quantitative estimate of drug-likeness (QED) is 0.834. The van der Waals surface area contributed by atoms with Crippen LogP contribution in [0.2, 0.25) is 0 Å². The SMILES string of the molecule is CN(Cc1cn[nH]c1)C(=O)CC(N)CC(C)(C)C. The highest BCUT2D eigenvalue weighted by Gasteiger charge is 2.19. The van der Waals surface area contributed by atoms with E-state index < -0.39 is 0 Å². The van der Waals surface area contributed by atoms with Gasteiger partial charge in [0.15, 0.2) is 0 Å². The van der Waals surface area contributed by atoms with Crippen molar-refractivity contribution in [2.75, 3.05) is 7.05 Å². The second kappa shape index (κ2) is 6.00. The number of nitrogens with zero attached hydrogens (tertiary/aromatic N) is 2. The van der Waals surface area contributed by atoms with E-state index in [9.17, 15) is 4.79 Å². The van der Waals surface area contributed by atoms with Crippen LogP contribution in [0.15, 0.2) is 12.4 Å². The van der Waals surface area contributed by atoms with Crippen molar-refractivity contribution >= 4 is 5.91 Å². The first-order valence-corrected chi connectivity index (χ1v) is 6.25. The summed E-state index contributed by atoms with van der Waals surface area (Å²) in [4.78, 5) is 13.7. The van der Waals surface area contributed by atoms with Gasteiger partial charge in [-0.1, -0.05) is 20.8 Å². The normalized spacial score (nSPS) is 13.4. The van der Waals surface area contributed by atoms with Crippen molar-refractivity contribution in [1.29, 1.82) is 0 Å². The maximum atomic E-state index is 12.0. The van der Waals surface area contributed by atoms with E-state index in [1.54, 1.807) is 24.3 Å². The summed E-state index contributed by atoms with van der Waals surface area (Å²) in [5, 5.41) is 6.59. The van der Waals surface area contributed by atoms with Crippen LogP contribution in [0.4, 0.5) is 0 Å². The van der Waals surface area contributed by atoms with Crippen LogP contribution in [0, 0.1) is 5.41 Å². The summed E-state index contributed by atoms with van der Waals surface area (Å²) < 4.78 is 0. The van der Waals surface area contributed by atoms with Gasteiger partial charge in [-0.3, -0.25) is 9.89 Å². The maximum absolute atomic E-state index is 12.0. The molecule has 0 radical (unpaired) electrons. The molecule has 0 aliphatic carbocycles. The summed E-state index contributed by atoms with van der Waals surface area (Å²) in [5.74, 6) is 0.0768. The summed E-state index contributed by atoms with van der Waals surface area (Å²) in [5.41, 5.74) is 7.16. The van der Waals surface area contributed by atoms with Crippen molar-refractivity contribution in [1.82, 2.24) is 15.1 Å². The third-order valence-electron chi connectivity index (χ3n) is 2.71. The Bertz CT molecular complexity index is 367. The van der Waals surface area contributed by atoms with Gasteiger partial charge in [-0.15, -0.1) is 0 Å². The lowest BCUT2D eigenvalue weighted by Crippen LogP contribution is -2.35. The third kappa shape index (κ3) is 5.31. The molecule has 1 heterocycles. The smallest absolute Gasteiger partial charge is 0.224 e. The van der Waals surface area contributed by atoms with Crippen molar-refractivity contribution in [2.24, 2.45) is 11.1 Å². The second-order valence-corrected chi connectivity index (χ2v) is 6.09. The minimum absolute atomic E-state index is 0.0768. The van der Waals surface area contributed by atoms with E-state index in [2.05, 4.69) is 31.0 Å². The predicted molar refractivity (Wildman–Crippen MR) is 71.7 cm³/mol. The first kappa shape index (κ1) is 14.7. The minimum atomic E-state index is -0.0794. The Morgan fingerprint density at radius 3 is 2.72 bits per heavy atom. The number of hydrogen-bond donors (Lipinski definition) is 2. The molecule has 18 heavy (non-hydrogen) atoms. The van der Waals surface area contributed by atoms with Gasteiger partial charge in [0.25, 0.3) is 0 Å². The van der Waals surface area contributed by atoms with E-state index in [0.29, 0.717) is 13.0 Å². The Morgan fingerprint density at radius 1 is 1.56 bits per heavy atom. The summed E-state index contributed by atoms with van der Waals surface area (Å²) in [6.45, 7) is 6.96. The van der Waals surface area contributed by atoms with Gasteiger partial charge in [0, 0.05) is 37.8 Å². The van der Waals surface area contributed by atoms with Crippen LogP contribution in [0.3, 0.4) is 0 Å². The molecule has 0 aromatic carbocycles. The summed E-state index contributed by atoms with van der Waals surface area (Å²) in [7, 11) is 1.79. The molecule has 3 N–H and O–H groups in total. The topological polar surface area (TPSA) is 75.0 Å². The third-order valence-corrected chi connectivity index (χ3v) is 2.71. The number of H-pyrrole nitrogens is 1. The lowest BCUT2D eigenvalue weighted by atomic mass is 9.87. The van der Waals surface area contributed by atoms with Crippen molar-refractivity contribution in [3.8, 4) is 0 Å². The molecule has 1 amide bonds. The molecule has 0 aliphatic rings. The number of carbonyl (C=O) groups excluding carboxylic acids is 1. The lowest BCUT2D eigenvalue weighted by molar-refractivity contribution is -0.130. The molecular formula is C13H24N4O. The molecule has 0 saturated heterocycles. The largest absolute Gasteiger partial charge is 0.341 e. The number of amides is 1. The van der Waals surface area contributed by atoms with Gasteiger partial charge in [-0.2, -0.15) is 5.10 Å². The second-order valence-electron chi connectivity index (χ2n) is 6.09. The van der Waals surface area contributed by atoms with Crippen LogP contribution < -0.4 is 5.73 Å². The molecule has 102 valence electrons. The van der Waals surface area contributed by atoms with Gasteiger partial charge in [0.05, 0.1) is 6.20 Å². The Kier molecular flexibility index (Phi) is 4.90. The maximum Gasteiger partial charge on any atom is 0.224 e. The summed E-state index contributed by atoms with van der Waals surface area (Å²) in [6, 6.07) is -0.0794. The molecule has 5 nitrogen and oxygen atoms in total. The van der Waals surface area contributed by atoms with Crippen LogP contribution in [-0.2, 0) is 11.3 Å². The van der Waals surface area contributed by atoms with Crippen molar-refractivity contribution in [3.05, 3.63) is 18.0 Å². The zero-order valence-electron chi connectivity index (χ0n) is 11.7. The number of aromatic nitrogens is 2. The molecule has 0 spiro atoms. The van der Waals surface area contributed by atoms with E-state index in [0.717, 1.165) is 12.0 Å². The van der Waals surface area contributed by atoms with E-state index in [1.807, 2.05) is 0 Å². The first-order chi connectivity index (χ1) is 8.28. The highest BCUT2D eigenvalue weighted by Crippen LogP contribution is 2.21. The molecule has 0 bridgehead atoms. The van der Waals surface area contributed by atoms with Crippen LogP contribution >= 0.6 is 0 Å². The van der Waals surface area contributed by atoms with Gasteiger partial charge < -0.3 is 10.6 Å². The molecule has 0 aliphatic heterocycles. The molecule has 1 aromatic heterocycles. The molecule has 1 aromatic rings. The monoisotopic (exact) mass is 252 g/mol. The Balaban J connectivity index is 2.40. The molecule has 5 heteroatoms. The van der Waals surface area contributed by atoms with Crippen molar-refractivity contribution in [3.63, 3.8) is 0 Å². The van der Waals surface area contributed by atoms with E-state index in [4.69, 9.17) is 5.73 Å². The summed E-state index contributed by atoms with van der Waals surface area (Å²) in [6.07, 6.45) is 4.75. The van der Waals surface area contributed by atoms with Crippen LogP contribution in [0.25, 0.3) is 0 Å². The van der Waals surface area contributed by atoms with E-state index >= 15 is 0 Å².